The first kappa shape index (κ1) is 10.9. The van der Waals surface area contributed by atoms with Crippen molar-refractivity contribution >= 4 is 5.97 Å². The number of rotatable bonds is 2. The van der Waals surface area contributed by atoms with E-state index >= 15 is 0 Å². The lowest BCUT2D eigenvalue weighted by atomic mass is 9.99. The van der Waals surface area contributed by atoms with Crippen LogP contribution in [-0.4, -0.2) is 41.3 Å². The van der Waals surface area contributed by atoms with E-state index in [0.717, 1.165) is 32.2 Å². The Bertz CT molecular complexity index is 247. The van der Waals surface area contributed by atoms with Crippen LogP contribution in [0.2, 0.25) is 0 Å². The van der Waals surface area contributed by atoms with Crippen molar-refractivity contribution in [3.63, 3.8) is 0 Å². The monoisotopic (exact) mass is 215 g/mol. The van der Waals surface area contributed by atoms with Gasteiger partial charge in [-0.25, -0.2) is 4.39 Å². The zero-order valence-electron chi connectivity index (χ0n) is 8.86. The van der Waals surface area contributed by atoms with Crippen molar-refractivity contribution in [2.45, 2.75) is 44.3 Å². The lowest BCUT2D eigenvalue weighted by Crippen LogP contribution is -2.46. The standard InChI is InChI=1S/C11H18FNO2/c12-8-3-2-6-13(7-8)10-5-1-4-9(10)11(14)15/h8-10H,1-7H2,(H,14,15). The van der Waals surface area contributed by atoms with Crippen LogP contribution >= 0.6 is 0 Å². The summed E-state index contributed by atoms with van der Waals surface area (Å²) in [4.78, 5) is 13.1. The lowest BCUT2D eigenvalue weighted by Gasteiger charge is -2.35. The highest BCUT2D eigenvalue weighted by atomic mass is 19.1. The number of halogens is 1. The van der Waals surface area contributed by atoms with Gasteiger partial charge in [0, 0.05) is 12.6 Å². The van der Waals surface area contributed by atoms with Crippen molar-refractivity contribution in [2.24, 2.45) is 5.92 Å². The van der Waals surface area contributed by atoms with E-state index in [1.54, 1.807) is 0 Å². The zero-order chi connectivity index (χ0) is 10.8. The molecule has 0 amide bonds. The minimum absolute atomic E-state index is 0.0843. The van der Waals surface area contributed by atoms with Gasteiger partial charge in [0.15, 0.2) is 0 Å². The number of piperidine rings is 1. The lowest BCUT2D eigenvalue weighted by molar-refractivity contribution is -0.143. The third kappa shape index (κ3) is 2.30. The average Bonchev–Trinajstić information content (AvgIpc) is 2.65. The van der Waals surface area contributed by atoms with Crippen molar-refractivity contribution < 1.29 is 14.3 Å². The summed E-state index contributed by atoms with van der Waals surface area (Å²) in [6.45, 7) is 1.31. The Balaban J connectivity index is 1.99. The molecule has 3 unspecified atom stereocenters. The normalized spacial score (nSPS) is 38.1. The highest BCUT2D eigenvalue weighted by molar-refractivity contribution is 5.71. The van der Waals surface area contributed by atoms with Crippen LogP contribution in [0.1, 0.15) is 32.1 Å². The van der Waals surface area contributed by atoms with Crippen LogP contribution < -0.4 is 0 Å². The number of likely N-dealkylation sites (tertiary alicyclic amines) is 1. The van der Waals surface area contributed by atoms with Crippen LogP contribution in [0.15, 0.2) is 0 Å². The number of carbonyl (C=O) groups is 1. The first-order chi connectivity index (χ1) is 7.18. The molecule has 86 valence electrons. The Hall–Kier alpha value is -0.640. The predicted molar refractivity (Wildman–Crippen MR) is 54.5 cm³/mol. The summed E-state index contributed by atoms with van der Waals surface area (Å²) in [6.07, 6.45) is 3.39. The van der Waals surface area contributed by atoms with E-state index in [0.29, 0.717) is 13.0 Å². The van der Waals surface area contributed by atoms with Gasteiger partial charge in [0.2, 0.25) is 0 Å². The third-order valence-corrected chi connectivity index (χ3v) is 3.66. The fraction of sp³-hybridized carbons (Fsp3) is 0.909. The van der Waals surface area contributed by atoms with E-state index in [1.165, 1.54) is 0 Å². The number of carboxylic acids is 1. The third-order valence-electron chi connectivity index (χ3n) is 3.66. The number of alkyl halides is 1. The van der Waals surface area contributed by atoms with E-state index in [2.05, 4.69) is 4.90 Å². The highest BCUT2D eigenvalue weighted by Gasteiger charge is 2.38. The molecule has 1 saturated heterocycles. The molecular formula is C11H18FNO2. The summed E-state index contributed by atoms with van der Waals surface area (Å²) in [5.41, 5.74) is 0. The minimum atomic E-state index is -0.756. The second-order valence-electron chi connectivity index (χ2n) is 4.68. The van der Waals surface area contributed by atoms with Crippen LogP contribution in [0, 0.1) is 5.92 Å². The quantitative estimate of drug-likeness (QED) is 0.761. The van der Waals surface area contributed by atoms with Gasteiger partial charge in [-0.05, 0) is 32.2 Å². The minimum Gasteiger partial charge on any atom is -0.481 e. The Morgan fingerprint density at radius 3 is 2.73 bits per heavy atom. The molecule has 1 heterocycles. The average molecular weight is 215 g/mol. The van der Waals surface area contributed by atoms with E-state index in [1.807, 2.05) is 0 Å². The van der Waals surface area contributed by atoms with Gasteiger partial charge in [-0.1, -0.05) is 6.42 Å². The second kappa shape index (κ2) is 4.47. The van der Waals surface area contributed by atoms with Gasteiger partial charge in [0.05, 0.1) is 5.92 Å². The molecule has 2 rings (SSSR count). The molecule has 0 aromatic rings. The molecule has 0 aromatic heterocycles. The molecule has 2 aliphatic rings. The van der Waals surface area contributed by atoms with Gasteiger partial charge in [-0.3, -0.25) is 9.69 Å². The Labute approximate surface area is 89.3 Å². The van der Waals surface area contributed by atoms with Crippen LogP contribution in [0.25, 0.3) is 0 Å². The molecule has 0 bridgehead atoms. The molecule has 1 aliphatic carbocycles. The summed E-state index contributed by atoms with van der Waals surface area (Å²) in [5, 5.41) is 9.06. The maximum atomic E-state index is 13.2. The second-order valence-corrected chi connectivity index (χ2v) is 4.68. The number of hydrogen-bond acceptors (Lipinski definition) is 2. The predicted octanol–water partition coefficient (Wildman–Crippen LogP) is 1.67. The van der Waals surface area contributed by atoms with Gasteiger partial charge in [-0.15, -0.1) is 0 Å². The van der Waals surface area contributed by atoms with E-state index in [4.69, 9.17) is 5.11 Å². The molecular weight excluding hydrogens is 197 g/mol. The van der Waals surface area contributed by atoms with E-state index in [9.17, 15) is 9.18 Å². The molecule has 1 aliphatic heterocycles. The topological polar surface area (TPSA) is 40.5 Å². The first-order valence-corrected chi connectivity index (χ1v) is 5.79. The summed E-state index contributed by atoms with van der Waals surface area (Å²) < 4.78 is 13.2. The first-order valence-electron chi connectivity index (χ1n) is 5.79. The van der Waals surface area contributed by atoms with E-state index < -0.39 is 12.1 Å². The zero-order valence-corrected chi connectivity index (χ0v) is 8.86. The smallest absolute Gasteiger partial charge is 0.308 e. The highest BCUT2D eigenvalue weighted by Crippen LogP contribution is 2.32. The van der Waals surface area contributed by atoms with Crippen LogP contribution in [0.3, 0.4) is 0 Å². The molecule has 3 nitrogen and oxygen atoms in total. The largest absolute Gasteiger partial charge is 0.481 e. The SMILES string of the molecule is O=C(O)C1CCCC1N1CCCC(F)C1. The van der Waals surface area contributed by atoms with E-state index in [-0.39, 0.29) is 12.0 Å². The number of nitrogens with zero attached hydrogens (tertiary/aromatic N) is 1. The van der Waals surface area contributed by atoms with Crippen molar-refractivity contribution in [2.75, 3.05) is 13.1 Å². The van der Waals surface area contributed by atoms with Crippen LogP contribution in [0.5, 0.6) is 0 Å². The number of aliphatic carboxylic acids is 1. The van der Waals surface area contributed by atoms with Crippen molar-refractivity contribution in [3.05, 3.63) is 0 Å². The molecule has 0 radical (unpaired) electrons. The molecule has 4 heteroatoms. The van der Waals surface area contributed by atoms with Crippen molar-refractivity contribution in [1.82, 2.24) is 4.90 Å². The molecule has 3 atom stereocenters. The van der Waals surface area contributed by atoms with Crippen molar-refractivity contribution in [1.29, 1.82) is 0 Å². The molecule has 15 heavy (non-hydrogen) atoms. The summed E-state index contributed by atoms with van der Waals surface area (Å²) in [7, 11) is 0. The fourth-order valence-corrected chi connectivity index (χ4v) is 2.92. The molecule has 1 N–H and O–H groups in total. The van der Waals surface area contributed by atoms with Gasteiger partial charge >= 0.3 is 5.97 Å². The summed E-state index contributed by atoms with van der Waals surface area (Å²) in [6, 6.07) is 0.0843. The molecule has 1 saturated carbocycles. The van der Waals surface area contributed by atoms with Gasteiger partial charge in [0.25, 0.3) is 0 Å². The maximum Gasteiger partial charge on any atom is 0.308 e. The van der Waals surface area contributed by atoms with Gasteiger partial charge in [0.1, 0.15) is 6.17 Å². The Morgan fingerprint density at radius 2 is 2.07 bits per heavy atom. The van der Waals surface area contributed by atoms with Gasteiger partial charge < -0.3 is 5.11 Å². The molecule has 2 fully saturated rings. The molecule has 0 aromatic carbocycles. The van der Waals surface area contributed by atoms with Gasteiger partial charge in [-0.2, -0.15) is 0 Å². The molecule has 0 spiro atoms. The number of carboxylic acid groups (broad SMARTS) is 1. The summed E-state index contributed by atoms with van der Waals surface area (Å²) >= 11 is 0. The summed E-state index contributed by atoms with van der Waals surface area (Å²) in [5.74, 6) is -0.978. The Kier molecular flexibility index (Phi) is 3.24. The maximum absolute atomic E-state index is 13.2. The van der Waals surface area contributed by atoms with Crippen molar-refractivity contribution in [3.8, 4) is 0 Å². The number of hydrogen-bond donors (Lipinski definition) is 1. The van der Waals surface area contributed by atoms with Crippen LogP contribution in [0.4, 0.5) is 4.39 Å². The Morgan fingerprint density at radius 1 is 1.27 bits per heavy atom. The van der Waals surface area contributed by atoms with Crippen LogP contribution in [-0.2, 0) is 4.79 Å². The fourth-order valence-electron chi connectivity index (χ4n) is 2.92.